The molecule has 0 unspecified atom stereocenters. The van der Waals surface area contributed by atoms with Crippen LogP contribution < -0.4 is 0 Å². The van der Waals surface area contributed by atoms with Crippen LogP contribution in [0, 0.1) is 0 Å². The van der Waals surface area contributed by atoms with Crippen molar-refractivity contribution in [2.75, 3.05) is 0 Å². The van der Waals surface area contributed by atoms with E-state index in [1.165, 1.54) is 0 Å². The van der Waals surface area contributed by atoms with Gasteiger partial charge in [-0.2, -0.15) is 0 Å². The molecule has 0 spiro atoms. The van der Waals surface area contributed by atoms with Gasteiger partial charge in [0, 0.05) is 16.6 Å². The number of H-pyrrole nitrogens is 2. The van der Waals surface area contributed by atoms with E-state index >= 15 is 0 Å². The van der Waals surface area contributed by atoms with Gasteiger partial charge in [0.1, 0.15) is 4.90 Å². The largest absolute Gasteiger partial charge is 0.355 e. The van der Waals surface area contributed by atoms with Crippen molar-refractivity contribution in [3.05, 3.63) is 65.2 Å². The number of fused-ring (bicyclic) bond motifs is 8. The van der Waals surface area contributed by atoms with Crippen LogP contribution in [0.1, 0.15) is 42.0 Å². The van der Waals surface area contributed by atoms with Crippen molar-refractivity contribution in [2.45, 2.75) is 29.4 Å². The number of hydrogen-bond donors (Lipinski definition) is 2. The molecule has 2 N–H and O–H groups in total. The van der Waals surface area contributed by atoms with Crippen molar-refractivity contribution in [3.8, 4) is 0 Å². The third kappa shape index (κ3) is 3.21. The van der Waals surface area contributed by atoms with Gasteiger partial charge in [0.15, 0.2) is 9.84 Å². The van der Waals surface area contributed by atoms with Crippen LogP contribution >= 0.6 is 0 Å². The standard InChI is InChI=1S/C24H20N4O2S/c29-31(30,21-2-1-3-21)24-22-10-8-19(27-22)13-17-6-4-15(25-17)12-16-5-7-18(26-16)14-20-9-11-23(24)28-20/h4-14,21,25,27H,1-3H2. The van der Waals surface area contributed by atoms with Gasteiger partial charge in [-0.1, -0.05) is 6.42 Å². The summed E-state index contributed by atoms with van der Waals surface area (Å²) in [6.45, 7) is 0. The van der Waals surface area contributed by atoms with Crippen molar-refractivity contribution in [3.63, 3.8) is 0 Å². The highest BCUT2D eigenvalue weighted by molar-refractivity contribution is 7.92. The average molecular weight is 429 g/mol. The summed E-state index contributed by atoms with van der Waals surface area (Å²) < 4.78 is 27.0. The number of hydrogen-bond acceptors (Lipinski definition) is 4. The maximum atomic E-state index is 13.5. The predicted molar refractivity (Wildman–Crippen MR) is 124 cm³/mol. The van der Waals surface area contributed by atoms with Crippen LogP contribution in [0.2, 0.25) is 0 Å². The molecule has 31 heavy (non-hydrogen) atoms. The lowest BCUT2D eigenvalue weighted by Crippen LogP contribution is -2.29. The monoisotopic (exact) mass is 428 g/mol. The van der Waals surface area contributed by atoms with Gasteiger partial charge in [0.05, 0.1) is 33.5 Å². The maximum absolute atomic E-state index is 13.5. The number of nitrogens with zero attached hydrogens (tertiary/aromatic N) is 2. The zero-order valence-electron chi connectivity index (χ0n) is 16.7. The second-order valence-corrected chi connectivity index (χ2v) is 10.3. The molecule has 154 valence electrons. The Kier molecular flexibility index (Phi) is 4.01. The molecule has 0 radical (unpaired) electrons. The van der Waals surface area contributed by atoms with Crippen molar-refractivity contribution < 1.29 is 8.42 Å². The summed E-state index contributed by atoms with van der Waals surface area (Å²) in [4.78, 5) is 16.2. The second-order valence-electron chi connectivity index (χ2n) is 8.11. The van der Waals surface area contributed by atoms with Crippen molar-refractivity contribution in [1.82, 2.24) is 19.9 Å². The highest BCUT2D eigenvalue weighted by Gasteiger charge is 2.35. The van der Waals surface area contributed by atoms with Crippen molar-refractivity contribution in [1.29, 1.82) is 0 Å². The summed E-state index contributed by atoms with van der Waals surface area (Å²) in [7, 11) is -3.50. The zero-order valence-corrected chi connectivity index (χ0v) is 17.5. The highest BCUT2D eigenvalue weighted by Crippen LogP contribution is 2.35. The Morgan fingerprint density at radius 2 is 1.39 bits per heavy atom. The third-order valence-electron chi connectivity index (χ3n) is 5.95. The molecule has 5 heterocycles. The van der Waals surface area contributed by atoms with E-state index in [1.54, 1.807) is 6.08 Å². The summed E-state index contributed by atoms with van der Waals surface area (Å²) in [6.07, 6.45) is 9.86. The summed E-state index contributed by atoms with van der Waals surface area (Å²) >= 11 is 0. The van der Waals surface area contributed by atoms with Gasteiger partial charge in [0.2, 0.25) is 0 Å². The smallest absolute Gasteiger partial charge is 0.185 e. The number of aromatic nitrogens is 4. The van der Waals surface area contributed by atoms with Crippen LogP contribution in [0.25, 0.3) is 46.4 Å². The summed E-state index contributed by atoms with van der Waals surface area (Å²) in [5.41, 5.74) is 6.05. The quantitative estimate of drug-likeness (QED) is 0.415. The Balaban J connectivity index is 1.71. The molecular formula is C24H20N4O2S. The predicted octanol–water partition coefficient (Wildman–Crippen LogP) is 4.98. The molecule has 3 aliphatic rings. The van der Waals surface area contributed by atoms with Crippen molar-refractivity contribution in [2.24, 2.45) is 0 Å². The Labute approximate surface area is 179 Å². The van der Waals surface area contributed by atoms with E-state index in [4.69, 9.17) is 0 Å². The number of nitrogens with one attached hydrogen (secondary N) is 2. The first kappa shape index (κ1) is 18.3. The van der Waals surface area contributed by atoms with Crippen molar-refractivity contribution >= 4 is 56.2 Å². The number of sulfone groups is 1. The SMILES string of the molecule is O=S(=O)(c1c2nc(cc3nc(cc4ccc(cc5ccc1[nH]5)[nH]4)C=C3)C=C2)C1CCC1. The molecule has 0 atom stereocenters. The first-order valence-electron chi connectivity index (χ1n) is 10.4. The van der Waals surface area contributed by atoms with Gasteiger partial charge >= 0.3 is 0 Å². The molecule has 2 aliphatic heterocycles. The van der Waals surface area contributed by atoms with Gasteiger partial charge in [-0.05, 0) is 79.6 Å². The van der Waals surface area contributed by atoms with Crippen LogP contribution in [0.3, 0.4) is 0 Å². The van der Waals surface area contributed by atoms with E-state index in [2.05, 4.69) is 19.9 Å². The van der Waals surface area contributed by atoms with E-state index in [-0.39, 0.29) is 10.1 Å². The van der Waals surface area contributed by atoms with E-state index in [0.717, 1.165) is 34.4 Å². The van der Waals surface area contributed by atoms with Crippen LogP contribution in [0.15, 0.2) is 47.4 Å². The highest BCUT2D eigenvalue weighted by atomic mass is 32.2. The van der Waals surface area contributed by atoms with E-state index in [0.29, 0.717) is 29.7 Å². The lowest BCUT2D eigenvalue weighted by atomic mass is 10.00. The zero-order chi connectivity index (χ0) is 21.0. The Morgan fingerprint density at radius 1 is 0.742 bits per heavy atom. The molecule has 0 saturated heterocycles. The molecule has 1 fully saturated rings. The minimum absolute atomic E-state index is 0.278. The fourth-order valence-corrected chi connectivity index (χ4v) is 6.25. The molecule has 7 heteroatoms. The maximum Gasteiger partial charge on any atom is 0.185 e. The molecule has 1 saturated carbocycles. The Bertz CT molecular complexity index is 1540. The minimum atomic E-state index is -3.50. The van der Waals surface area contributed by atoms with Gasteiger partial charge in [-0.15, -0.1) is 0 Å². The normalized spacial score (nSPS) is 15.9. The third-order valence-corrected chi connectivity index (χ3v) is 8.29. The first-order chi connectivity index (χ1) is 15.0. The first-order valence-corrected chi connectivity index (χ1v) is 11.9. The Hall–Kier alpha value is -3.45. The average Bonchev–Trinajstić information content (AvgIpc) is 3.44. The summed E-state index contributed by atoms with van der Waals surface area (Å²) in [5, 5.41) is -0.339. The summed E-state index contributed by atoms with van der Waals surface area (Å²) in [6, 6.07) is 13.5. The van der Waals surface area contributed by atoms with E-state index in [9.17, 15) is 8.42 Å². The Morgan fingerprint density at radius 3 is 2.16 bits per heavy atom. The topological polar surface area (TPSA) is 91.5 Å². The van der Waals surface area contributed by atoms with Crippen LogP contribution in [0.4, 0.5) is 0 Å². The second kappa shape index (κ2) is 6.78. The van der Waals surface area contributed by atoms with Gasteiger partial charge in [-0.3, -0.25) is 0 Å². The van der Waals surface area contributed by atoms with Gasteiger partial charge in [0.25, 0.3) is 0 Å². The number of rotatable bonds is 2. The molecule has 3 aromatic rings. The summed E-state index contributed by atoms with van der Waals surface area (Å²) in [5.74, 6) is 0. The molecular weight excluding hydrogens is 408 g/mol. The lowest BCUT2D eigenvalue weighted by Gasteiger charge is -2.25. The van der Waals surface area contributed by atoms with Crippen LogP contribution in [0.5, 0.6) is 0 Å². The molecule has 1 aliphatic carbocycles. The molecule has 3 aromatic heterocycles. The minimum Gasteiger partial charge on any atom is -0.355 e. The molecule has 6 nitrogen and oxygen atoms in total. The number of aromatic amines is 2. The van der Waals surface area contributed by atoms with E-state index in [1.807, 2.05) is 60.7 Å². The van der Waals surface area contributed by atoms with E-state index < -0.39 is 9.84 Å². The molecule has 0 aromatic carbocycles. The fourth-order valence-electron chi connectivity index (χ4n) is 4.13. The van der Waals surface area contributed by atoms with Crippen LogP contribution in [-0.4, -0.2) is 33.6 Å². The molecule has 0 amide bonds. The molecule has 8 bridgehead atoms. The van der Waals surface area contributed by atoms with Crippen LogP contribution in [-0.2, 0) is 9.84 Å². The van der Waals surface area contributed by atoms with Gasteiger partial charge in [-0.25, -0.2) is 18.4 Å². The lowest BCUT2D eigenvalue weighted by molar-refractivity contribution is 0.477. The fraction of sp³-hybridized carbons (Fsp3) is 0.167. The van der Waals surface area contributed by atoms with Gasteiger partial charge < -0.3 is 9.97 Å². The molecule has 6 rings (SSSR count).